The van der Waals surface area contributed by atoms with Gasteiger partial charge < -0.3 is 15.0 Å². The molecule has 34 heavy (non-hydrogen) atoms. The summed E-state index contributed by atoms with van der Waals surface area (Å²) in [5, 5.41) is 3.89. The Balaban J connectivity index is 1.33. The lowest BCUT2D eigenvalue weighted by Crippen LogP contribution is -2.58. The van der Waals surface area contributed by atoms with Gasteiger partial charge in [-0.3, -0.25) is 14.5 Å². The fraction of sp³-hybridized carbons (Fsp3) is 0.481. The first-order chi connectivity index (χ1) is 16.5. The molecule has 2 aromatic carbocycles. The van der Waals surface area contributed by atoms with Crippen LogP contribution in [0, 0.1) is 5.92 Å². The third-order valence-electron chi connectivity index (χ3n) is 7.01. The predicted octanol–water partition coefficient (Wildman–Crippen LogP) is 4.30. The van der Waals surface area contributed by atoms with E-state index < -0.39 is 0 Å². The fourth-order valence-corrected chi connectivity index (χ4v) is 5.22. The van der Waals surface area contributed by atoms with Crippen LogP contribution in [0.1, 0.15) is 44.2 Å². The molecule has 6 nitrogen and oxygen atoms in total. The van der Waals surface area contributed by atoms with E-state index in [0.717, 1.165) is 18.4 Å². The van der Waals surface area contributed by atoms with Gasteiger partial charge in [-0.15, -0.1) is 0 Å². The van der Waals surface area contributed by atoms with Gasteiger partial charge in [-0.1, -0.05) is 54.8 Å². The van der Waals surface area contributed by atoms with Crippen LogP contribution in [0.15, 0.2) is 54.6 Å². The Labute approximate surface area is 207 Å². The first-order valence-electron chi connectivity index (χ1n) is 12.3. The molecular formula is C27H34ClN3O3. The van der Waals surface area contributed by atoms with Crippen LogP contribution in [0.3, 0.4) is 0 Å². The highest BCUT2D eigenvalue weighted by Gasteiger charge is 2.37. The van der Waals surface area contributed by atoms with E-state index >= 15 is 0 Å². The summed E-state index contributed by atoms with van der Waals surface area (Å²) < 4.78 is 5.63. The van der Waals surface area contributed by atoms with Crippen molar-refractivity contribution < 1.29 is 14.3 Å². The summed E-state index contributed by atoms with van der Waals surface area (Å²) in [5.41, 5.74) is 1.11. The van der Waals surface area contributed by atoms with Gasteiger partial charge in [-0.05, 0) is 55.5 Å². The first-order valence-corrected chi connectivity index (χ1v) is 12.6. The van der Waals surface area contributed by atoms with Crippen molar-refractivity contribution >= 4 is 23.4 Å². The van der Waals surface area contributed by atoms with Gasteiger partial charge in [0.15, 0.2) is 6.61 Å². The molecule has 0 spiro atoms. The van der Waals surface area contributed by atoms with E-state index in [1.807, 2.05) is 42.2 Å². The van der Waals surface area contributed by atoms with Crippen molar-refractivity contribution in [2.24, 2.45) is 5.92 Å². The molecule has 1 saturated heterocycles. The smallest absolute Gasteiger partial charge is 0.260 e. The number of nitrogens with zero attached hydrogens (tertiary/aromatic N) is 2. The molecule has 2 atom stereocenters. The maximum atomic E-state index is 13.4. The molecule has 2 aromatic rings. The summed E-state index contributed by atoms with van der Waals surface area (Å²) in [5.74, 6) is 1.07. The molecule has 2 unspecified atom stereocenters. The minimum atomic E-state index is -0.142. The molecule has 4 rings (SSSR count). The molecular weight excluding hydrogens is 450 g/mol. The van der Waals surface area contributed by atoms with Crippen molar-refractivity contribution in [3.05, 3.63) is 65.2 Å². The SMILES string of the molecule is CC(NC(=O)C(C1CCCC1)N1CCN(C(=O)COc2ccc(Cl)cc2)CC1)c1ccccc1. The number of benzene rings is 2. The maximum Gasteiger partial charge on any atom is 0.260 e. The molecule has 2 aliphatic rings. The summed E-state index contributed by atoms with van der Waals surface area (Å²) in [6, 6.07) is 16.9. The zero-order valence-electron chi connectivity index (χ0n) is 19.8. The lowest BCUT2D eigenvalue weighted by Gasteiger charge is -2.41. The molecule has 1 heterocycles. The normalized spacial score (nSPS) is 18.9. The van der Waals surface area contributed by atoms with Crippen LogP contribution in [0.2, 0.25) is 5.02 Å². The van der Waals surface area contributed by atoms with Crippen molar-refractivity contribution in [1.82, 2.24) is 15.1 Å². The van der Waals surface area contributed by atoms with Crippen molar-refractivity contribution in [2.45, 2.75) is 44.7 Å². The van der Waals surface area contributed by atoms with Gasteiger partial charge in [0, 0.05) is 31.2 Å². The molecule has 1 N–H and O–H groups in total. The number of amides is 2. The average molecular weight is 484 g/mol. The van der Waals surface area contributed by atoms with Crippen LogP contribution in [-0.2, 0) is 9.59 Å². The Hall–Kier alpha value is -2.57. The van der Waals surface area contributed by atoms with E-state index in [1.54, 1.807) is 24.3 Å². The van der Waals surface area contributed by atoms with Crippen LogP contribution in [0.5, 0.6) is 5.75 Å². The number of nitrogens with one attached hydrogen (secondary N) is 1. The quantitative estimate of drug-likeness (QED) is 0.608. The minimum Gasteiger partial charge on any atom is -0.484 e. The van der Waals surface area contributed by atoms with E-state index in [1.165, 1.54) is 12.8 Å². The van der Waals surface area contributed by atoms with E-state index in [0.29, 0.717) is 42.9 Å². The van der Waals surface area contributed by atoms with Crippen molar-refractivity contribution in [3.8, 4) is 5.75 Å². The van der Waals surface area contributed by atoms with Gasteiger partial charge in [-0.2, -0.15) is 0 Å². The molecule has 1 aliphatic carbocycles. The van der Waals surface area contributed by atoms with E-state index in [2.05, 4.69) is 10.2 Å². The molecule has 182 valence electrons. The van der Waals surface area contributed by atoms with Gasteiger partial charge in [0.25, 0.3) is 5.91 Å². The number of carbonyl (C=O) groups is 2. The van der Waals surface area contributed by atoms with Gasteiger partial charge in [-0.25, -0.2) is 0 Å². The number of piperazine rings is 1. The number of hydrogen-bond donors (Lipinski definition) is 1. The second kappa shape index (κ2) is 11.7. The van der Waals surface area contributed by atoms with Crippen LogP contribution in [0.4, 0.5) is 0 Å². The lowest BCUT2D eigenvalue weighted by atomic mass is 9.94. The van der Waals surface area contributed by atoms with Gasteiger partial charge >= 0.3 is 0 Å². The molecule has 0 radical (unpaired) electrons. The second-order valence-electron chi connectivity index (χ2n) is 9.29. The number of ether oxygens (including phenoxy) is 1. The molecule has 0 bridgehead atoms. The number of hydrogen-bond acceptors (Lipinski definition) is 4. The molecule has 0 aromatic heterocycles. The third kappa shape index (κ3) is 6.30. The van der Waals surface area contributed by atoms with E-state index in [4.69, 9.17) is 16.3 Å². The number of carbonyl (C=O) groups excluding carboxylic acids is 2. The molecule has 2 fully saturated rings. The van der Waals surface area contributed by atoms with Crippen molar-refractivity contribution in [3.63, 3.8) is 0 Å². The van der Waals surface area contributed by atoms with Crippen LogP contribution in [0.25, 0.3) is 0 Å². The molecule has 1 aliphatic heterocycles. The highest BCUT2D eigenvalue weighted by atomic mass is 35.5. The Morgan fingerprint density at radius 2 is 1.65 bits per heavy atom. The molecule has 2 amide bonds. The Morgan fingerprint density at radius 3 is 2.29 bits per heavy atom. The summed E-state index contributed by atoms with van der Waals surface area (Å²) in [4.78, 5) is 30.3. The summed E-state index contributed by atoms with van der Waals surface area (Å²) in [6.45, 7) is 4.64. The topological polar surface area (TPSA) is 61.9 Å². The zero-order chi connectivity index (χ0) is 23.9. The summed E-state index contributed by atoms with van der Waals surface area (Å²) >= 11 is 5.90. The first kappa shape index (κ1) is 24.6. The molecule has 7 heteroatoms. The van der Waals surface area contributed by atoms with Gasteiger partial charge in [0.05, 0.1) is 12.1 Å². The second-order valence-corrected chi connectivity index (χ2v) is 9.73. The average Bonchev–Trinajstić information content (AvgIpc) is 3.39. The van der Waals surface area contributed by atoms with Crippen LogP contribution in [-0.4, -0.2) is 60.4 Å². The minimum absolute atomic E-state index is 0.00274. The van der Waals surface area contributed by atoms with Crippen LogP contribution < -0.4 is 10.1 Å². The highest BCUT2D eigenvalue weighted by Crippen LogP contribution is 2.31. The number of rotatable bonds is 8. The molecule has 1 saturated carbocycles. The number of halogens is 1. The van der Waals surface area contributed by atoms with Gasteiger partial charge in [0.2, 0.25) is 5.91 Å². The predicted molar refractivity (Wildman–Crippen MR) is 134 cm³/mol. The zero-order valence-corrected chi connectivity index (χ0v) is 20.5. The third-order valence-corrected chi connectivity index (χ3v) is 7.26. The van der Waals surface area contributed by atoms with Crippen LogP contribution >= 0.6 is 11.6 Å². The maximum absolute atomic E-state index is 13.4. The Bertz CT molecular complexity index is 939. The monoisotopic (exact) mass is 483 g/mol. The highest BCUT2D eigenvalue weighted by molar-refractivity contribution is 6.30. The standard InChI is InChI=1S/C27H34ClN3O3/c1-20(21-7-3-2-4-8-21)29-27(33)26(22-9-5-6-10-22)31-17-15-30(16-18-31)25(32)19-34-24-13-11-23(28)12-14-24/h2-4,7-8,11-14,20,22,26H,5-6,9-10,15-19H2,1H3,(H,29,33). The fourth-order valence-electron chi connectivity index (χ4n) is 5.09. The Morgan fingerprint density at radius 1 is 1.00 bits per heavy atom. The summed E-state index contributed by atoms with van der Waals surface area (Å²) in [6.07, 6.45) is 4.55. The van der Waals surface area contributed by atoms with Crippen molar-refractivity contribution in [2.75, 3.05) is 32.8 Å². The largest absolute Gasteiger partial charge is 0.484 e. The summed E-state index contributed by atoms with van der Waals surface area (Å²) in [7, 11) is 0. The lowest BCUT2D eigenvalue weighted by molar-refractivity contribution is -0.137. The van der Waals surface area contributed by atoms with E-state index in [-0.39, 0.29) is 30.5 Å². The Kier molecular flexibility index (Phi) is 8.46. The van der Waals surface area contributed by atoms with Crippen molar-refractivity contribution in [1.29, 1.82) is 0 Å². The van der Waals surface area contributed by atoms with Gasteiger partial charge in [0.1, 0.15) is 5.75 Å². The van der Waals surface area contributed by atoms with E-state index in [9.17, 15) is 9.59 Å².